The van der Waals surface area contributed by atoms with E-state index in [9.17, 15) is 8.42 Å². The van der Waals surface area contributed by atoms with Gasteiger partial charge in [0, 0.05) is 18.8 Å². The van der Waals surface area contributed by atoms with Crippen LogP contribution in [0, 0.1) is 6.92 Å². The molecule has 0 aliphatic carbocycles. The molecule has 1 rings (SSSR count). The summed E-state index contributed by atoms with van der Waals surface area (Å²) in [7, 11) is -2.83. The second kappa shape index (κ2) is 5.63. The van der Waals surface area contributed by atoms with Crippen molar-refractivity contribution in [2.75, 3.05) is 18.1 Å². The number of thiophene rings is 1. The molecule has 5 heteroatoms. The molecule has 0 aromatic carbocycles. The van der Waals surface area contributed by atoms with Crippen molar-refractivity contribution in [3.63, 3.8) is 0 Å². The number of hydrogen-bond acceptors (Lipinski definition) is 4. The molecule has 1 heterocycles. The van der Waals surface area contributed by atoms with Gasteiger partial charge in [-0.1, -0.05) is 6.92 Å². The monoisotopic (exact) mass is 247 g/mol. The van der Waals surface area contributed by atoms with Crippen molar-refractivity contribution in [2.45, 2.75) is 20.4 Å². The molecule has 86 valence electrons. The third-order valence-electron chi connectivity index (χ3n) is 2.31. The van der Waals surface area contributed by atoms with Crippen LogP contribution >= 0.6 is 11.3 Å². The average Bonchev–Trinajstić information content (AvgIpc) is 2.59. The Labute approximate surface area is 95.4 Å². The van der Waals surface area contributed by atoms with Crippen LogP contribution in [0.15, 0.2) is 10.8 Å². The fraction of sp³-hybridized carbons (Fsp3) is 0.600. The summed E-state index contributed by atoms with van der Waals surface area (Å²) in [4.78, 5) is 0. The molecule has 3 nitrogen and oxygen atoms in total. The van der Waals surface area contributed by atoms with Gasteiger partial charge in [-0.05, 0) is 28.8 Å². The van der Waals surface area contributed by atoms with Crippen LogP contribution in [-0.2, 0) is 16.4 Å². The molecule has 1 aromatic rings. The minimum absolute atomic E-state index is 0.228. The van der Waals surface area contributed by atoms with Crippen molar-refractivity contribution in [1.82, 2.24) is 5.32 Å². The molecule has 0 saturated heterocycles. The van der Waals surface area contributed by atoms with Gasteiger partial charge in [-0.15, -0.1) is 0 Å². The molecule has 1 N–H and O–H groups in total. The molecule has 0 spiro atoms. The molecule has 0 fully saturated rings. The molecule has 0 bridgehead atoms. The van der Waals surface area contributed by atoms with E-state index in [1.54, 1.807) is 18.3 Å². The lowest BCUT2D eigenvalue weighted by Crippen LogP contribution is -2.23. The topological polar surface area (TPSA) is 46.2 Å². The van der Waals surface area contributed by atoms with Gasteiger partial charge in [-0.25, -0.2) is 8.42 Å². The third-order valence-corrected chi connectivity index (χ3v) is 4.92. The predicted octanol–water partition coefficient (Wildman–Crippen LogP) is 1.58. The maximum atomic E-state index is 11.2. The van der Waals surface area contributed by atoms with Gasteiger partial charge in [0.25, 0.3) is 0 Å². The normalized spacial score (nSPS) is 11.9. The minimum atomic E-state index is -2.83. The second-order valence-corrected chi connectivity index (χ2v) is 6.71. The second-order valence-electron chi connectivity index (χ2n) is 3.49. The van der Waals surface area contributed by atoms with Crippen LogP contribution in [-0.4, -0.2) is 26.5 Å². The summed E-state index contributed by atoms with van der Waals surface area (Å²) in [6.07, 6.45) is 0. The van der Waals surface area contributed by atoms with E-state index in [1.807, 2.05) is 0 Å². The summed E-state index contributed by atoms with van der Waals surface area (Å²) in [6, 6.07) is 0. The first-order chi connectivity index (χ1) is 7.05. The third kappa shape index (κ3) is 4.32. The van der Waals surface area contributed by atoms with E-state index in [4.69, 9.17) is 0 Å². The number of rotatable bonds is 6. The summed E-state index contributed by atoms with van der Waals surface area (Å²) in [5, 5.41) is 7.34. The van der Waals surface area contributed by atoms with Gasteiger partial charge < -0.3 is 5.32 Å². The average molecular weight is 247 g/mol. The molecule has 0 unspecified atom stereocenters. The molecule has 1 aromatic heterocycles. The first kappa shape index (κ1) is 12.7. The summed E-state index contributed by atoms with van der Waals surface area (Å²) in [6.45, 7) is 5.04. The van der Waals surface area contributed by atoms with Gasteiger partial charge in [0.2, 0.25) is 0 Å². The Kier molecular flexibility index (Phi) is 4.76. The largest absolute Gasteiger partial charge is 0.312 e. The van der Waals surface area contributed by atoms with Crippen molar-refractivity contribution in [3.8, 4) is 0 Å². The Hall–Kier alpha value is -0.390. The van der Waals surface area contributed by atoms with E-state index in [-0.39, 0.29) is 11.5 Å². The van der Waals surface area contributed by atoms with Crippen molar-refractivity contribution in [2.24, 2.45) is 0 Å². The van der Waals surface area contributed by atoms with E-state index in [1.165, 1.54) is 11.1 Å². The molecule has 0 aliphatic heterocycles. The molecular formula is C10H17NO2S2. The first-order valence-corrected chi connectivity index (χ1v) is 7.74. The van der Waals surface area contributed by atoms with Crippen molar-refractivity contribution < 1.29 is 8.42 Å². The Bertz CT molecular complexity index is 395. The fourth-order valence-corrected chi connectivity index (χ4v) is 2.76. The number of nitrogens with one attached hydrogen (secondary N) is 1. The highest BCUT2D eigenvalue weighted by molar-refractivity contribution is 7.91. The van der Waals surface area contributed by atoms with Crippen LogP contribution < -0.4 is 5.32 Å². The van der Waals surface area contributed by atoms with Gasteiger partial charge in [-0.3, -0.25) is 0 Å². The van der Waals surface area contributed by atoms with E-state index in [0.717, 1.165) is 6.54 Å². The highest BCUT2D eigenvalue weighted by Gasteiger charge is 2.06. The van der Waals surface area contributed by atoms with Gasteiger partial charge in [0.15, 0.2) is 9.84 Å². The Morgan fingerprint density at radius 3 is 2.67 bits per heavy atom. The standard InChI is InChI=1S/C10H17NO2S2/c1-3-15(12,13)5-4-11-6-10-8-14-7-9(10)2/h7-8,11H,3-6H2,1-2H3. The Morgan fingerprint density at radius 1 is 1.40 bits per heavy atom. The van der Waals surface area contributed by atoms with Crippen LogP contribution in [0.3, 0.4) is 0 Å². The van der Waals surface area contributed by atoms with Gasteiger partial charge >= 0.3 is 0 Å². The highest BCUT2D eigenvalue weighted by Crippen LogP contribution is 2.12. The maximum Gasteiger partial charge on any atom is 0.151 e. The zero-order valence-electron chi connectivity index (χ0n) is 9.12. The van der Waals surface area contributed by atoms with Crippen LogP contribution in [0.4, 0.5) is 0 Å². The molecule has 0 saturated carbocycles. The summed E-state index contributed by atoms with van der Waals surface area (Å²) >= 11 is 1.68. The van der Waals surface area contributed by atoms with Crippen LogP contribution in [0.25, 0.3) is 0 Å². The van der Waals surface area contributed by atoms with Crippen LogP contribution in [0.2, 0.25) is 0 Å². The first-order valence-electron chi connectivity index (χ1n) is 4.98. The smallest absolute Gasteiger partial charge is 0.151 e. The zero-order valence-corrected chi connectivity index (χ0v) is 10.7. The van der Waals surface area contributed by atoms with Crippen LogP contribution in [0.1, 0.15) is 18.1 Å². The number of hydrogen-bond donors (Lipinski definition) is 1. The van der Waals surface area contributed by atoms with Crippen molar-refractivity contribution in [3.05, 3.63) is 21.9 Å². The molecule has 0 aliphatic rings. The van der Waals surface area contributed by atoms with Crippen LogP contribution in [0.5, 0.6) is 0 Å². The lowest BCUT2D eigenvalue weighted by atomic mass is 10.2. The Balaban J connectivity index is 2.26. The van der Waals surface area contributed by atoms with Gasteiger partial charge in [0.05, 0.1) is 5.75 Å². The van der Waals surface area contributed by atoms with Crippen molar-refractivity contribution in [1.29, 1.82) is 0 Å². The van der Waals surface area contributed by atoms with E-state index >= 15 is 0 Å². The molecular weight excluding hydrogens is 230 g/mol. The SMILES string of the molecule is CCS(=O)(=O)CCNCc1cscc1C. The van der Waals surface area contributed by atoms with E-state index < -0.39 is 9.84 Å². The lowest BCUT2D eigenvalue weighted by molar-refractivity contribution is 0.592. The maximum absolute atomic E-state index is 11.2. The fourth-order valence-electron chi connectivity index (χ4n) is 1.16. The summed E-state index contributed by atoms with van der Waals surface area (Å²) in [5.41, 5.74) is 2.53. The predicted molar refractivity (Wildman–Crippen MR) is 65.1 cm³/mol. The molecule has 15 heavy (non-hydrogen) atoms. The van der Waals surface area contributed by atoms with E-state index in [2.05, 4.69) is 23.0 Å². The van der Waals surface area contributed by atoms with Gasteiger partial charge in [0.1, 0.15) is 0 Å². The Morgan fingerprint density at radius 2 is 2.13 bits per heavy atom. The number of aryl methyl sites for hydroxylation is 1. The van der Waals surface area contributed by atoms with Gasteiger partial charge in [-0.2, -0.15) is 11.3 Å². The van der Waals surface area contributed by atoms with Crippen molar-refractivity contribution >= 4 is 21.2 Å². The minimum Gasteiger partial charge on any atom is -0.312 e. The quantitative estimate of drug-likeness (QED) is 0.776. The summed E-state index contributed by atoms with van der Waals surface area (Å²) in [5.74, 6) is 0.457. The van der Waals surface area contributed by atoms with E-state index in [0.29, 0.717) is 6.54 Å². The highest BCUT2D eigenvalue weighted by atomic mass is 32.2. The summed E-state index contributed by atoms with van der Waals surface area (Å²) < 4.78 is 22.4. The zero-order chi connectivity index (χ0) is 11.3. The number of sulfone groups is 1. The molecule has 0 amide bonds. The molecule has 0 atom stereocenters. The molecule has 0 radical (unpaired) electrons. The lowest BCUT2D eigenvalue weighted by Gasteiger charge is -2.04.